The molecule has 2 nitrogen and oxygen atoms in total. The SMILES string of the molecule is Cc1cc(C)c(C(C)NCCOCC(C)C)cc1C. The van der Waals surface area contributed by atoms with E-state index in [0.29, 0.717) is 12.0 Å². The second kappa shape index (κ2) is 7.66. The van der Waals surface area contributed by atoms with Gasteiger partial charge in [-0.05, 0) is 55.9 Å². The molecule has 1 unspecified atom stereocenters. The van der Waals surface area contributed by atoms with Crippen molar-refractivity contribution >= 4 is 0 Å². The summed E-state index contributed by atoms with van der Waals surface area (Å²) in [6.07, 6.45) is 0. The van der Waals surface area contributed by atoms with Gasteiger partial charge in [0.25, 0.3) is 0 Å². The van der Waals surface area contributed by atoms with Gasteiger partial charge in [0.05, 0.1) is 6.61 Å². The second-order valence-corrected chi connectivity index (χ2v) is 5.94. The van der Waals surface area contributed by atoms with Crippen molar-refractivity contribution in [3.05, 3.63) is 34.4 Å². The minimum atomic E-state index is 0.377. The highest BCUT2D eigenvalue weighted by Crippen LogP contribution is 2.21. The van der Waals surface area contributed by atoms with Gasteiger partial charge >= 0.3 is 0 Å². The highest BCUT2D eigenvalue weighted by atomic mass is 16.5. The fraction of sp³-hybridized carbons (Fsp3) is 0.647. The third-order valence-electron chi connectivity index (χ3n) is 3.50. The molecule has 0 spiro atoms. The summed E-state index contributed by atoms with van der Waals surface area (Å²) >= 11 is 0. The highest BCUT2D eigenvalue weighted by molar-refractivity contribution is 5.37. The first-order valence-corrected chi connectivity index (χ1v) is 7.30. The second-order valence-electron chi connectivity index (χ2n) is 5.94. The van der Waals surface area contributed by atoms with E-state index < -0.39 is 0 Å². The van der Waals surface area contributed by atoms with Gasteiger partial charge in [-0.25, -0.2) is 0 Å². The molecule has 1 aromatic carbocycles. The number of hydrogen-bond donors (Lipinski definition) is 1. The van der Waals surface area contributed by atoms with Crippen LogP contribution in [0.4, 0.5) is 0 Å². The van der Waals surface area contributed by atoms with Crippen molar-refractivity contribution in [1.29, 1.82) is 0 Å². The predicted octanol–water partition coefficient (Wildman–Crippen LogP) is 3.94. The lowest BCUT2D eigenvalue weighted by Gasteiger charge is -2.18. The molecular weight excluding hydrogens is 234 g/mol. The van der Waals surface area contributed by atoms with Crippen LogP contribution < -0.4 is 5.32 Å². The van der Waals surface area contributed by atoms with Gasteiger partial charge < -0.3 is 10.1 Å². The van der Waals surface area contributed by atoms with Gasteiger partial charge in [0.2, 0.25) is 0 Å². The normalized spacial score (nSPS) is 13.0. The van der Waals surface area contributed by atoms with Crippen LogP contribution >= 0.6 is 0 Å². The van der Waals surface area contributed by atoms with Gasteiger partial charge in [-0.2, -0.15) is 0 Å². The lowest BCUT2D eigenvalue weighted by atomic mass is 9.96. The van der Waals surface area contributed by atoms with Crippen molar-refractivity contribution in [1.82, 2.24) is 5.32 Å². The highest BCUT2D eigenvalue weighted by Gasteiger charge is 2.09. The topological polar surface area (TPSA) is 21.3 Å². The third-order valence-corrected chi connectivity index (χ3v) is 3.50. The molecule has 0 fully saturated rings. The zero-order chi connectivity index (χ0) is 14.4. The Kier molecular flexibility index (Phi) is 6.53. The van der Waals surface area contributed by atoms with Gasteiger partial charge in [0, 0.05) is 19.2 Å². The molecular formula is C17H29NO. The molecule has 0 bridgehead atoms. The zero-order valence-electron chi connectivity index (χ0n) is 13.3. The molecule has 0 saturated heterocycles. The molecule has 108 valence electrons. The van der Waals surface area contributed by atoms with E-state index in [1.54, 1.807) is 0 Å². The summed E-state index contributed by atoms with van der Waals surface area (Å²) in [6, 6.07) is 4.96. The minimum Gasteiger partial charge on any atom is -0.380 e. The van der Waals surface area contributed by atoms with Crippen LogP contribution in [0.15, 0.2) is 12.1 Å². The van der Waals surface area contributed by atoms with Crippen molar-refractivity contribution in [2.45, 2.75) is 47.6 Å². The average Bonchev–Trinajstić information content (AvgIpc) is 2.32. The third kappa shape index (κ3) is 5.33. The molecule has 1 aromatic rings. The van der Waals surface area contributed by atoms with Crippen LogP contribution in [0, 0.1) is 26.7 Å². The van der Waals surface area contributed by atoms with Crippen LogP contribution in [0.1, 0.15) is 49.1 Å². The van der Waals surface area contributed by atoms with E-state index in [0.717, 1.165) is 19.8 Å². The van der Waals surface area contributed by atoms with Crippen LogP contribution in [-0.2, 0) is 4.74 Å². The molecule has 1 N–H and O–H groups in total. The number of benzene rings is 1. The Bertz CT molecular complexity index is 398. The van der Waals surface area contributed by atoms with Crippen molar-refractivity contribution in [3.63, 3.8) is 0 Å². The number of nitrogens with one attached hydrogen (secondary N) is 1. The summed E-state index contributed by atoms with van der Waals surface area (Å²) in [6.45, 7) is 15.6. The van der Waals surface area contributed by atoms with Crippen LogP contribution in [0.5, 0.6) is 0 Å². The summed E-state index contributed by atoms with van der Waals surface area (Å²) in [5, 5.41) is 3.54. The Morgan fingerprint density at radius 1 is 1.00 bits per heavy atom. The number of rotatable bonds is 7. The zero-order valence-corrected chi connectivity index (χ0v) is 13.3. The summed E-state index contributed by atoms with van der Waals surface area (Å²) < 4.78 is 5.59. The van der Waals surface area contributed by atoms with Crippen LogP contribution in [0.2, 0.25) is 0 Å². The monoisotopic (exact) mass is 263 g/mol. The summed E-state index contributed by atoms with van der Waals surface area (Å²) in [4.78, 5) is 0. The molecule has 0 aromatic heterocycles. The molecule has 0 heterocycles. The first kappa shape index (κ1) is 16.2. The molecule has 1 atom stereocenters. The van der Waals surface area contributed by atoms with E-state index in [1.165, 1.54) is 22.3 Å². The summed E-state index contributed by atoms with van der Waals surface area (Å²) in [5.74, 6) is 0.611. The largest absolute Gasteiger partial charge is 0.380 e. The van der Waals surface area contributed by atoms with Gasteiger partial charge in [-0.3, -0.25) is 0 Å². The molecule has 19 heavy (non-hydrogen) atoms. The van der Waals surface area contributed by atoms with Crippen molar-refractivity contribution in [2.75, 3.05) is 19.8 Å². The Labute approximate surface area is 118 Å². The number of aryl methyl sites for hydroxylation is 3. The van der Waals surface area contributed by atoms with Gasteiger partial charge in [-0.15, -0.1) is 0 Å². The first-order chi connectivity index (χ1) is 8.91. The fourth-order valence-electron chi connectivity index (χ4n) is 2.23. The van der Waals surface area contributed by atoms with Gasteiger partial charge in [0.1, 0.15) is 0 Å². The molecule has 0 aliphatic rings. The maximum atomic E-state index is 5.59. The van der Waals surface area contributed by atoms with E-state index in [2.05, 4.69) is 59.0 Å². The Morgan fingerprint density at radius 2 is 1.63 bits per heavy atom. The van der Waals surface area contributed by atoms with Gasteiger partial charge in [-0.1, -0.05) is 26.0 Å². The van der Waals surface area contributed by atoms with Gasteiger partial charge in [0.15, 0.2) is 0 Å². The lowest BCUT2D eigenvalue weighted by Crippen LogP contribution is -2.24. The van der Waals surface area contributed by atoms with E-state index in [4.69, 9.17) is 4.74 Å². The first-order valence-electron chi connectivity index (χ1n) is 7.30. The number of hydrogen-bond acceptors (Lipinski definition) is 2. The maximum absolute atomic E-state index is 5.59. The van der Waals surface area contributed by atoms with Crippen molar-refractivity contribution in [3.8, 4) is 0 Å². The van der Waals surface area contributed by atoms with E-state index in [-0.39, 0.29) is 0 Å². The smallest absolute Gasteiger partial charge is 0.0591 e. The van der Waals surface area contributed by atoms with Crippen molar-refractivity contribution < 1.29 is 4.74 Å². The predicted molar refractivity (Wildman–Crippen MR) is 82.7 cm³/mol. The van der Waals surface area contributed by atoms with Crippen LogP contribution in [-0.4, -0.2) is 19.8 Å². The molecule has 0 radical (unpaired) electrons. The Morgan fingerprint density at radius 3 is 2.26 bits per heavy atom. The molecule has 0 aliphatic heterocycles. The van der Waals surface area contributed by atoms with Crippen LogP contribution in [0.25, 0.3) is 0 Å². The van der Waals surface area contributed by atoms with E-state index >= 15 is 0 Å². The fourth-order valence-corrected chi connectivity index (χ4v) is 2.23. The standard InChI is InChI=1S/C17H29NO/c1-12(2)11-19-8-7-18-16(6)17-10-14(4)13(3)9-15(17)5/h9-10,12,16,18H,7-8,11H2,1-6H3. The quantitative estimate of drug-likeness (QED) is 0.752. The number of ether oxygens (including phenoxy) is 1. The Balaban J connectivity index is 2.45. The summed E-state index contributed by atoms with van der Waals surface area (Å²) in [7, 11) is 0. The average molecular weight is 263 g/mol. The van der Waals surface area contributed by atoms with Crippen molar-refractivity contribution in [2.24, 2.45) is 5.92 Å². The Hall–Kier alpha value is -0.860. The van der Waals surface area contributed by atoms with E-state index in [1.807, 2.05) is 0 Å². The lowest BCUT2D eigenvalue weighted by molar-refractivity contribution is 0.110. The molecule has 2 heteroatoms. The summed E-state index contributed by atoms with van der Waals surface area (Å²) in [5.41, 5.74) is 5.50. The minimum absolute atomic E-state index is 0.377. The molecule has 1 rings (SSSR count). The van der Waals surface area contributed by atoms with E-state index in [9.17, 15) is 0 Å². The molecule has 0 amide bonds. The van der Waals surface area contributed by atoms with Crippen LogP contribution in [0.3, 0.4) is 0 Å². The molecule has 0 saturated carbocycles. The maximum Gasteiger partial charge on any atom is 0.0591 e. The molecule has 0 aliphatic carbocycles.